The van der Waals surface area contributed by atoms with Crippen LogP contribution in [0.25, 0.3) is 5.69 Å². The Labute approximate surface area is 118 Å². The monoisotopic (exact) mass is 275 g/mol. The van der Waals surface area contributed by atoms with Crippen molar-refractivity contribution in [3.8, 4) is 11.4 Å². The van der Waals surface area contributed by atoms with E-state index in [2.05, 4.69) is 5.10 Å². The summed E-state index contributed by atoms with van der Waals surface area (Å²) in [6.45, 7) is 8.58. The van der Waals surface area contributed by atoms with Crippen molar-refractivity contribution in [3.05, 3.63) is 40.3 Å². The summed E-state index contributed by atoms with van der Waals surface area (Å²) in [5.74, 6) is 0.778. The zero-order valence-electron chi connectivity index (χ0n) is 12.4. The Morgan fingerprint density at radius 2 is 1.85 bits per heavy atom. The van der Waals surface area contributed by atoms with E-state index < -0.39 is 0 Å². The lowest BCUT2D eigenvalue weighted by Crippen LogP contribution is -2.17. The first-order valence-corrected chi connectivity index (χ1v) is 6.68. The Kier molecular flexibility index (Phi) is 3.61. The fourth-order valence-corrected chi connectivity index (χ4v) is 2.06. The number of nitrogens with one attached hydrogen (secondary N) is 1. The molecule has 1 aromatic carbocycles. The second-order valence-electron chi connectivity index (χ2n) is 5.72. The Hall–Kier alpha value is -2.17. The summed E-state index contributed by atoms with van der Waals surface area (Å²) in [6, 6.07) is 7.32. The minimum Gasteiger partial charge on any atom is -0.494 e. The van der Waals surface area contributed by atoms with E-state index in [4.69, 9.17) is 10.5 Å². The van der Waals surface area contributed by atoms with E-state index >= 15 is 0 Å². The number of aromatic nitrogens is 2. The van der Waals surface area contributed by atoms with Gasteiger partial charge in [-0.15, -0.1) is 0 Å². The summed E-state index contributed by atoms with van der Waals surface area (Å²) in [5.41, 5.74) is 7.24. The lowest BCUT2D eigenvalue weighted by atomic mass is 9.91. The molecule has 0 aliphatic heterocycles. The molecule has 20 heavy (non-hydrogen) atoms. The van der Waals surface area contributed by atoms with Gasteiger partial charge in [0.15, 0.2) is 0 Å². The van der Waals surface area contributed by atoms with Crippen LogP contribution < -0.4 is 16.0 Å². The molecule has 0 fully saturated rings. The van der Waals surface area contributed by atoms with Gasteiger partial charge in [0.05, 0.1) is 18.0 Å². The lowest BCUT2D eigenvalue weighted by Gasteiger charge is -2.16. The first-order valence-electron chi connectivity index (χ1n) is 6.68. The molecule has 2 rings (SSSR count). The average molecular weight is 275 g/mol. The van der Waals surface area contributed by atoms with Crippen molar-refractivity contribution in [2.24, 2.45) is 0 Å². The predicted octanol–water partition coefficient (Wildman–Crippen LogP) is 2.44. The normalized spacial score (nSPS) is 11.6. The number of nitrogen functional groups attached to an aromatic ring is 1. The average Bonchev–Trinajstić information content (AvgIpc) is 2.68. The van der Waals surface area contributed by atoms with Crippen LogP contribution in [-0.4, -0.2) is 16.4 Å². The maximum Gasteiger partial charge on any atom is 0.294 e. The highest BCUT2D eigenvalue weighted by molar-refractivity contribution is 5.48. The van der Waals surface area contributed by atoms with Gasteiger partial charge in [-0.2, -0.15) is 0 Å². The molecule has 5 heteroatoms. The molecule has 0 amide bonds. The Morgan fingerprint density at radius 3 is 2.30 bits per heavy atom. The molecule has 0 saturated heterocycles. The van der Waals surface area contributed by atoms with Crippen LogP contribution in [-0.2, 0) is 5.41 Å². The van der Waals surface area contributed by atoms with Crippen molar-refractivity contribution in [1.82, 2.24) is 9.78 Å². The number of nitrogens with zero attached hydrogens (tertiary/aromatic N) is 1. The maximum atomic E-state index is 12.2. The summed E-state index contributed by atoms with van der Waals surface area (Å²) in [4.78, 5) is 12.2. The Morgan fingerprint density at radius 1 is 1.25 bits per heavy atom. The van der Waals surface area contributed by atoms with Gasteiger partial charge in [0.2, 0.25) is 0 Å². The fourth-order valence-electron chi connectivity index (χ4n) is 2.06. The number of hydrogen-bond donors (Lipinski definition) is 2. The number of anilines is 1. The van der Waals surface area contributed by atoms with Crippen molar-refractivity contribution < 1.29 is 4.74 Å². The molecule has 0 aliphatic rings. The predicted molar refractivity (Wildman–Crippen MR) is 80.7 cm³/mol. The van der Waals surface area contributed by atoms with Crippen molar-refractivity contribution in [3.63, 3.8) is 0 Å². The standard InChI is InChI=1S/C15H21N3O2/c1-5-20-11-8-6-10(7-9-11)18-14(19)12(16)13(17-18)15(2,3)4/h6-9,17H,5,16H2,1-4H3. The fraction of sp³-hybridized carbons (Fsp3) is 0.400. The van der Waals surface area contributed by atoms with E-state index in [9.17, 15) is 4.79 Å². The molecule has 0 saturated carbocycles. The zero-order valence-corrected chi connectivity index (χ0v) is 12.4. The van der Waals surface area contributed by atoms with Crippen LogP contribution in [0.1, 0.15) is 33.4 Å². The molecule has 3 N–H and O–H groups in total. The molecule has 108 valence electrons. The van der Waals surface area contributed by atoms with Gasteiger partial charge in [0.1, 0.15) is 11.4 Å². The van der Waals surface area contributed by atoms with Crippen LogP contribution in [0.5, 0.6) is 5.75 Å². The number of H-pyrrole nitrogens is 1. The number of hydrogen-bond acceptors (Lipinski definition) is 3. The molecule has 2 aromatic rings. The topological polar surface area (TPSA) is 73.0 Å². The molecule has 1 heterocycles. The first-order chi connectivity index (χ1) is 9.34. The molecular formula is C15H21N3O2. The van der Waals surface area contributed by atoms with Crippen LogP contribution in [0.3, 0.4) is 0 Å². The van der Waals surface area contributed by atoms with Crippen LogP contribution in [0, 0.1) is 0 Å². The van der Waals surface area contributed by atoms with E-state index in [0.717, 1.165) is 17.1 Å². The largest absolute Gasteiger partial charge is 0.494 e. The second-order valence-corrected chi connectivity index (χ2v) is 5.72. The number of ether oxygens (including phenoxy) is 1. The SMILES string of the molecule is CCOc1ccc(-n2[nH]c(C(C)(C)C)c(N)c2=O)cc1. The molecule has 0 atom stereocenters. The third-order valence-corrected chi connectivity index (χ3v) is 3.08. The highest BCUT2D eigenvalue weighted by atomic mass is 16.5. The van der Waals surface area contributed by atoms with E-state index in [1.165, 1.54) is 4.68 Å². The quantitative estimate of drug-likeness (QED) is 0.903. The van der Waals surface area contributed by atoms with Gasteiger partial charge < -0.3 is 10.5 Å². The van der Waals surface area contributed by atoms with Gasteiger partial charge >= 0.3 is 0 Å². The molecule has 0 bridgehead atoms. The summed E-state index contributed by atoms with van der Waals surface area (Å²) < 4.78 is 6.85. The molecule has 0 aliphatic carbocycles. The summed E-state index contributed by atoms with van der Waals surface area (Å²) in [5, 5.41) is 3.10. The van der Waals surface area contributed by atoms with Crippen LogP contribution >= 0.6 is 0 Å². The molecule has 5 nitrogen and oxygen atoms in total. The first kappa shape index (κ1) is 14.2. The van der Waals surface area contributed by atoms with Crippen LogP contribution in [0.15, 0.2) is 29.1 Å². The number of rotatable bonds is 3. The Balaban J connectivity index is 2.46. The van der Waals surface area contributed by atoms with Gasteiger partial charge in [-0.05, 0) is 31.2 Å². The van der Waals surface area contributed by atoms with Gasteiger partial charge in [0, 0.05) is 5.41 Å². The van der Waals surface area contributed by atoms with Crippen molar-refractivity contribution >= 4 is 5.69 Å². The van der Waals surface area contributed by atoms with E-state index in [0.29, 0.717) is 6.61 Å². The van der Waals surface area contributed by atoms with Crippen LogP contribution in [0.2, 0.25) is 0 Å². The molecule has 1 aromatic heterocycles. The van der Waals surface area contributed by atoms with Gasteiger partial charge in [-0.3, -0.25) is 9.89 Å². The van der Waals surface area contributed by atoms with Crippen molar-refractivity contribution in [2.45, 2.75) is 33.1 Å². The van der Waals surface area contributed by atoms with Crippen LogP contribution in [0.4, 0.5) is 5.69 Å². The van der Waals surface area contributed by atoms with Gasteiger partial charge in [-0.1, -0.05) is 20.8 Å². The van der Waals surface area contributed by atoms with Crippen molar-refractivity contribution in [1.29, 1.82) is 0 Å². The number of aromatic amines is 1. The second kappa shape index (κ2) is 5.07. The third kappa shape index (κ3) is 2.57. The number of benzene rings is 1. The van der Waals surface area contributed by atoms with E-state index in [1.807, 2.05) is 52.0 Å². The summed E-state index contributed by atoms with van der Waals surface area (Å²) >= 11 is 0. The van der Waals surface area contributed by atoms with Crippen molar-refractivity contribution in [2.75, 3.05) is 12.3 Å². The van der Waals surface area contributed by atoms with Gasteiger partial charge in [-0.25, -0.2) is 4.68 Å². The summed E-state index contributed by atoms with van der Waals surface area (Å²) in [7, 11) is 0. The smallest absolute Gasteiger partial charge is 0.294 e. The molecule has 0 spiro atoms. The van der Waals surface area contributed by atoms with E-state index in [-0.39, 0.29) is 16.7 Å². The van der Waals surface area contributed by atoms with E-state index in [1.54, 1.807) is 0 Å². The summed E-state index contributed by atoms with van der Waals surface area (Å²) in [6.07, 6.45) is 0. The maximum absolute atomic E-state index is 12.2. The molecule has 0 unspecified atom stereocenters. The zero-order chi connectivity index (χ0) is 14.9. The molecule has 0 radical (unpaired) electrons. The third-order valence-electron chi connectivity index (χ3n) is 3.08. The number of nitrogens with two attached hydrogens (primary N) is 1. The van der Waals surface area contributed by atoms with Gasteiger partial charge in [0.25, 0.3) is 5.56 Å². The highest BCUT2D eigenvalue weighted by Crippen LogP contribution is 2.24. The minimum absolute atomic E-state index is 0.209. The Bertz CT molecular complexity index is 645. The lowest BCUT2D eigenvalue weighted by molar-refractivity contribution is 0.340. The highest BCUT2D eigenvalue weighted by Gasteiger charge is 2.23. The molecular weight excluding hydrogens is 254 g/mol. The minimum atomic E-state index is -0.223.